The maximum Gasteiger partial charge on any atom is 0.338 e. The van der Waals surface area contributed by atoms with Crippen molar-refractivity contribution in [1.29, 1.82) is 0 Å². The minimum atomic E-state index is -0.832. The Morgan fingerprint density at radius 1 is 1.10 bits per heavy atom. The molecule has 0 aliphatic carbocycles. The van der Waals surface area contributed by atoms with Crippen LogP contribution in [0.25, 0.3) is 0 Å². The van der Waals surface area contributed by atoms with Crippen LogP contribution in [0.15, 0.2) is 46.9 Å². The lowest BCUT2D eigenvalue weighted by atomic mass is 10.2. The van der Waals surface area contributed by atoms with E-state index in [4.69, 9.17) is 14.2 Å². The van der Waals surface area contributed by atoms with E-state index in [1.54, 1.807) is 24.3 Å². The topological polar surface area (TPSA) is 117 Å². The largest absolute Gasteiger partial charge is 0.494 e. The van der Waals surface area contributed by atoms with E-state index in [-0.39, 0.29) is 28.9 Å². The molecule has 2 rings (SSSR count). The molecule has 1 N–H and O–H groups in total. The molecule has 9 nitrogen and oxygen atoms in total. The van der Waals surface area contributed by atoms with Crippen LogP contribution in [-0.4, -0.2) is 43.2 Å². The predicted molar refractivity (Wildman–Crippen MR) is 107 cm³/mol. The van der Waals surface area contributed by atoms with Crippen molar-refractivity contribution in [2.45, 2.75) is 6.92 Å². The number of rotatable bonds is 10. The monoisotopic (exact) mass is 466 g/mol. The van der Waals surface area contributed by atoms with Crippen molar-refractivity contribution in [2.24, 2.45) is 0 Å². The van der Waals surface area contributed by atoms with Crippen molar-refractivity contribution in [1.82, 2.24) is 5.32 Å². The molecule has 0 bridgehead atoms. The Kier molecular flexibility index (Phi) is 8.41. The van der Waals surface area contributed by atoms with Crippen LogP contribution >= 0.6 is 15.9 Å². The number of esters is 1. The van der Waals surface area contributed by atoms with Crippen LogP contribution in [-0.2, 0) is 9.53 Å². The van der Waals surface area contributed by atoms with Crippen LogP contribution in [0, 0.1) is 10.1 Å². The van der Waals surface area contributed by atoms with Crippen molar-refractivity contribution in [3.05, 3.63) is 62.6 Å². The molecule has 0 aliphatic heterocycles. The summed E-state index contributed by atoms with van der Waals surface area (Å²) in [5.41, 5.74) is -0.290. The molecule has 10 heteroatoms. The Labute approximate surface area is 175 Å². The molecule has 0 heterocycles. The smallest absolute Gasteiger partial charge is 0.338 e. The van der Waals surface area contributed by atoms with Crippen molar-refractivity contribution in [3.63, 3.8) is 0 Å². The van der Waals surface area contributed by atoms with Gasteiger partial charge in [-0.2, -0.15) is 0 Å². The van der Waals surface area contributed by atoms with Gasteiger partial charge in [-0.25, -0.2) is 4.79 Å². The normalized spacial score (nSPS) is 10.1. The molecule has 0 saturated carbocycles. The number of amides is 1. The van der Waals surface area contributed by atoms with Crippen LogP contribution in [0.5, 0.6) is 11.5 Å². The zero-order chi connectivity index (χ0) is 21.2. The lowest BCUT2D eigenvalue weighted by Crippen LogP contribution is -2.32. The molecule has 154 valence electrons. The summed E-state index contributed by atoms with van der Waals surface area (Å²) < 4.78 is 15.9. The summed E-state index contributed by atoms with van der Waals surface area (Å²) in [7, 11) is 0. The highest BCUT2D eigenvalue weighted by atomic mass is 79.9. The van der Waals surface area contributed by atoms with Crippen molar-refractivity contribution < 1.29 is 28.7 Å². The minimum Gasteiger partial charge on any atom is -0.494 e. The van der Waals surface area contributed by atoms with Crippen LogP contribution in [0.3, 0.4) is 0 Å². The molecular weight excluding hydrogens is 448 g/mol. The van der Waals surface area contributed by atoms with Gasteiger partial charge >= 0.3 is 5.97 Å². The van der Waals surface area contributed by atoms with E-state index >= 15 is 0 Å². The average molecular weight is 467 g/mol. The molecule has 0 fully saturated rings. The Bertz CT molecular complexity index is 871. The first-order valence-corrected chi connectivity index (χ1v) is 9.43. The van der Waals surface area contributed by atoms with Gasteiger partial charge in [0, 0.05) is 6.07 Å². The first kappa shape index (κ1) is 22.2. The second-order valence-electron chi connectivity index (χ2n) is 5.60. The fraction of sp³-hybridized carbons (Fsp3) is 0.263. The number of hydrogen-bond donors (Lipinski definition) is 1. The third-order valence-electron chi connectivity index (χ3n) is 3.54. The summed E-state index contributed by atoms with van der Waals surface area (Å²) in [5.74, 6) is 0.0266. The first-order valence-electron chi connectivity index (χ1n) is 8.64. The van der Waals surface area contributed by atoms with E-state index in [2.05, 4.69) is 21.2 Å². The molecular formula is C19H19BrN2O7. The van der Waals surface area contributed by atoms with Crippen LogP contribution in [0.2, 0.25) is 0 Å². The summed E-state index contributed by atoms with van der Waals surface area (Å²) in [6.45, 7) is 2.41. The molecule has 0 atom stereocenters. The molecule has 1 amide bonds. The Balaban J connectivity index is 1.71. The zero-order valence-corrected chi connectivity index (χ0v) is 17.1. The number of nitro groups is 1. The number of carbonyl (C=O) groups is 2. The van der Waals surface area contributed by atoms with E-state index in [9.17, 15) is 19.7 Å². The van der Waals surface area contributed by atoms with Crippen LogP contribution < -0.4 is 14.8 Å². The Hall–Kier alpha value is -3.14. The number of nitro benzene ring substituents is 1. The quantitative estimate of drug-likeness (QED) is 0.247. The van der Waals surface area contributed by atoms with E-state index in [0.717, 1.165) is 11.8 Å². The van der Waals surface area contributed by atoms with Crippen LogP contribution in [0.4, 0.5) is 5.69 Å². The number of ether oxygens (including phenoxy) is 3. The number of nitrogens with one attached hydrogen (secondary N) is 1. The highest BCUT2D eigenvalue weighted by Gasteiger charge is 2.17. The first-order chi connectivity index (χ1) is 13.9. The third-order valence-corrected chi connectivity index (χ3v) is 4.21. The van der Waals surface area contributed by atoms with Gasteiger partial charge in [0.1, 0.15) is 18.1 Å². The van der Waals surface area contributed by atoms with Gasteiger partial charge in [0.2, 0.25) is 0 Å². The average Bonchev–Trinajstić information content (AvgIpc) is 2.71. The Morgan fingerprint density at radius 3 is 2.38 bits per heavy atom. The van der Waals surface area contributed by atoms with Gasteiger partial charge in [0.05, 0.1) is 28.1 Å². The molecule has 0 aromatic heterocycles. The highest BCUT2D eigenvalue weighted by Crippen LogP contribution is 2.25. The predicted octanol–water partition coefficient (Wildman–Crippen LogP) is 3.11. The maximum absolute atomic E-state index is 11.9. The second-order valence-corrected chi connectivity index (χ2v) is 6.46. The van der Waals surface area contributed by atoms with Gasteiger partial charge in [-0.1, -0.05) is 0 Å². The van der Waals surface area contributed by atoms with E-state index in [1.807, 2.05) is 6.92 Å². The molecule has 29 heavy (non-hydrogen) atoms. The second kappa shape index (κ2) is 11.0. The third kappa shape index (κ3) is 7.07. The van der Waals surface area contributed by atoms with Crippen LogP contribution in [0.1, 0.15) is 17.3 Å². The van der Waals surface area contributed by atoms with Gasteiger partial charge in [-0.15, -0.1) is 0 Å². The van der Waals surface area contributed by atoms with Gasteiger partial charge in [0.25, 0.3) is 11.6 Å². The highest BCUT2D eigenvalue weighted by molar-refractivity contribution is 9.10. The van der Waals surface area contributed by atoms with Gasteiger partial charge in [0.15, 0.2) is 6.61 Å². The molecule has 2 aromatic carbocycles. The van der Waals surface area contributed by atoms with Gasteiger partial charge in [-0.05, 0) is 59.3 Å². The number of hydrogen-bond acceptors (Lipinski definition) is 7. The SMILES string of the molecule is CCOc1ccc(OCCNC(=O)COC(=O)c2ccc(Br)c([N+](=O)[O-])c2)cc1. The lowest BCUT2D eigenvalue weighted by Gasteiger charge is -2.09. The van der Waals surface area contributed by atoms with E-state index in [0.29, 0.717) is 12.4 Å². The summed E-state index contributed by atoms with van der Waals surface area (Å²) >= 11 is 3.03. The summed E-state index contributed by atoms with van der Waals surface area (Å²) in [5, 5.41) is 13.4. The van der Waals surface area contributed by atoms with E-state index in [1.165, 1.54) is 12.1 Å². The van der Waals surface area contributed by atoms with Crippen molar-refractivity contribution in [2.75, 3.05) is 26.4 Å². The zero-order valence-electron chi connectivity index (χ0n) is 15.6. The fourth-order valence-corrected chi connectivity index (χ4v) is 2.59. The van der Waals surface area contributed by atoms with E-state index < -0.39 is 23.4 Å². The summed E-state index contributed by atoms with van der Waals surface area (Å²) in [6, 6.07) is 10.9. The van der Waals surface area contributed by atoms with Crippen molar-refractivity contribution >= 4 is 33.5 Å². The van der Waals surface area contributed by atoms with Crippen molar-refractivity contribution in [3.8, 4) is 11.5 Å². The molecule has 2 aromatic rings. The number of halogens is 1. The molecule has 0 saturated heterocycles. The number of nitrogens with zero attached hydrogens (tertiary/aromatic N) is 1. The number of benzene rings is 2. The summed E-state index contributed by atoms with van der Waals surface area (Å²) in [4.78, 5) is 34.0. The summed E-state index contributed by atoms with van der Waals surface area (Å²) in [6.07, 6.45) is 0. The fourth-order valence-electron chi connectivity index (χ4n) is 2.20. The molecule has 0 radical (unpaired) electrons. The maximum atomic E-state index is 11.9. The standard InChI is InChI=1S/C19H19BrN2O7/c1-2-27-14-4-6-15(7-5-14)28-10-9-21-18(23)12-29-19(24)13-3-8-16(20)17(11-13)22(25)26/h3-8,11H,2,9-10,12H2,1H3,(H,21,23). The molecule has 0 unspecified atom stereocenters. The molecule has 0 spiro atoms. The van der Waals surface area contributed by atoms with Gasteiger partial charge in [-0.3, -0.25) is 14.9 Å². The molecule has 0 aliphatic rings. The minimum absolute atomic E-state index is 0.0217. The van der Waals surface area contributed by atoms with Gasteiger partial charge < -0.3 is 19.5 Å². The lowest BCUT2D eigenvalue weighted by molar-refractivity contribution is -0.385. The Morgan fingerprint density at radius 2 is 1.76 bits per heavy atom. The number of carbonyl (C=O) groups excluding carboxylic acids is 2.